The Labute approximate surface area is 87.9 Å². The number of aromatic amines is 1. The number of hydrogen-bond acceptors (Lipinski definition) is 3. The number of H-pyrrole nitrogens is 1. The van der Waals surface area contributed by atoms with Gasteiger partial charge < -0.3 is 15.0 Å². The number of rotatable bonds is 6. The molecule has 0 atom stereocenters. The largest absolute Gasteiger partial charge is 0.498 e. The zero-order valence-corrected chi connectivity index (χ0v) is 8.27. The van der Waals surface area contributed by atoms with Gasteiger partial charge in [-0.1, -0.05) is 0 Å². The normalized spacial score (nSPS) is 10.1. The van der Waals surface area contributed by atoms with E-state index in [4.69, 9.17) is 4.74 Å². The van der Waals surface area contributed by atoms with Crippen molar-refractivity contribution in [2.24, 2.45) is 4.99 Å². The molecule has 1 rings (SSSR count). The first-order valence-electron chi connectivity index (χ1n) is 4.48. The lowest BCUT2D eigenvalue weighted by molar-refractivity contribution is 0.0943. The van der Waals surface area contributed by atoms with Gasteiger partial charge >= 0.3 is 0 Å². The van der Waals surface area contributed by atoms with Crippen molar-refractivity contribution >= 4 is 12.6 Å². The predicted octanol–water partition coefficient (Wildman–Crippen LogP) is 0.933. The highest BCUT2D eigenvalue weighted by atomic mass is 16.5. The van der Waals surface area contributed by atoms with Gasteiger partial charge in [-0.2, -0.15) is 0 Å². The summed E-state index contributed by atoms with van der Waals surface area (Å²) in [7, 11) is 0. The first-order valence-corrected chi connectivity index (χ1v) is 4.48. The van der Waals surface area contributed by atoms with E-state index >= 15 is 0 Å². The fourth-order valence-electron chi connectivity index (χ4n) is 0.945. The van der Waals surface area contributed by atoms with Gasteiger partial charge in [0.2, 0.25) is 0 Å². The van der Waals surface area contributed by atoms with Gasteiger partial charge in [0.25, 0.3) is 5.91 Å². The van der Waals surface area contributed by atoms with Crippen LogP contribution in [0.3, 0.4) is 0 Å². The minimum absolute atomic E-state index is 0.120. The van der Waals surface area contributed by atoms with E-state index in [1.165, 1.54) is 12.5 Å². The lowest BCUT2D eigenvalue weighted by Crippen LogP contribution is -2.26. The molecule has 1 heterocycles. The maximum absolute atomic E-state index is 11.4. The smallest absolute Gasteiger partial charge is 0.252 e. The van der Waals surface area contributed by atoms with Crippen molar-refractivity contribution in [2.45, 2.75) is 0 Å². The van der Waals surface area contributed by atoms with Crippen LogP contribution in [0.5, 0.6) is 0 Å². The Morgan fingerprint density at radius 2 is 2.60 bits per heavy atom. The van der Waals surface area contributed by atoms with E-state index in [0.29, 0.717) is 18.7 Å². The van der Waals surface area contributed by atoms with Crippen LogP contribution in [0, 0.1) is 0 Å². The lowest BCUT2D eigenvalue weighted by Gasteiger charge is -2.02. The fourth-order valence-corrected chi connectivity index (χ4v) is 0.945. The first-order chi connectivity index (χ1) is 7.34. The molecule has 0 aliphatic carbocycles. The highest BCUT2D eigenvalue weighted by Gasteiger charge is 2.03. The van der Waals surface area contributed by atoms with Crippen molar-refractivity contribution in [3.63, 3.8) is 0 Å². The van der Waals surface area contributed by atoms with E-state index in [1.807, 2.05) is 0 Å². The van der Waals surface area contributed by atoms with Crippen molar-refractivity contribution in [3.8, 4) is 0 Å². The molecule has 1 aromatic heterocycles. The molecule has 15 heavy (non-hydrogen) atoms. The van der Waals surface area contributed by atoms with Gasteiger partial charge in [-0.15, -0.1) is 0 Å². The van der Waals surface area contributed by atoms with Crippen molar-refractivity contribution in [2.75, 3.05) is 13.2 Å². The van der Waals surface area contributed by atoms with Crippen LogP contribution in [0.1, 0.15) is 10.4 Å². The molecule has 1 aromatic rings. The van der Waals surface area contributed by atoms with Crippen LogP contribution in [-0.2, 0) is 4.74 Å². The van der Waals surface area contributed by atoms with Crippen molar-refractivity contribution in [1.29, 1.82) is 0 Å². The second-order valence-corrected chi connectivity index (χ2v) is 2.69. The SMILES string of the molecule is C=N/C=C\OCCNC(=O)c1cc[nH]c1. The predicted molar refractivity (Wildman–Crippen MR) is 57.8 cm³/mol. The van der Waals surface area contributed by atoms with E-state index in [1.54, 1.807) is 18.5 Å². The van der Waals surface area contributed by atoms with E-state index in [9.17, 15) is 4.79 Å². The minimum Gasteiger partial charge on any atom is -0.498 e. The molecule has 0 saturated heterocycles. The molecule has 1 amide bonds. The Bertz CT molecular complexity index is 330. The summed E-state index contributed by atoms with van der Waals surface area (Å²) >= 11 is 0. The topological polar surface area (TPSA) is 66.5 Å². The molecule has 0 aromatic carbocycles. The molecule has 0 aliphatic heterocycles. The Balaban J connectivity index is 2.13. The molecular formula is C10H13N3O2. The summed E-state index contributed by atoms with van der Waals surface area (Å²) in [5.41, 5.74) is 0.610. The third-order valence-corrected chi connectivity index (χ3v) is 1.63. The second-order valence-electron chi connectivity index (χ2n) is 2.69. The van der Waals surface area contributed by atoms with E-state index in [2.05, 4.69) is 22.0 Å². The summed E-state index contributed by atoms with van der Waals surface area (Å²) in [6.07, 6.45) is 6.20. The zero-order valence-electron chi connectivity index (χ0n) is 8.27. The summed E-state index contributed by atoms with van der Waals surface area (Å²) < 4.78 is 5.00. The number of carbonyl (C=O) groups is 1. The minimum atomic E-state index is -0.120. The molecule has 5 nitrogen and oxygen atoms in total. The molecule has 80 valence electrons. The summed E-state index contributed by atoms with van der Waals surface area (Å²) in [4.78, 5) is 17.6. The molecular weight excluding hydrogens is 194 g/mol. The number of hydrogen-bond donors (Lipinski definition) is 2. The Kier molecular flexibility index (Phi) is 4.72. The van der Waals surface area contributed by atoms with Crippen molar-refractivity contribution in [1.82, 2.24) is 10.3 Å². The average molecular weight is 207 g/mol. The fraction of sp³-hybridized carbons (Fsp3) is 0.200. The number of aromatic nitrogens is 1. The number of ether oxygens (including phenoxy) is 1. The average Bonchev–Trinajstić information content (AvgIpc) is 2.76. The van der Waals surface area contributed by atoms with Gasteiger partial charge in [-0.25, -0.2) is 0 Å². The molecule has 2 N–H and O–H groups in total. The Morgan fingerprint density at radius 1 is 1.73 bits per heavy atom. The van der Waals surface area contributed by atoms with Crippen LogP contribution in [0.15, 0.2) is 35.9 Å². The number of nitrogens with one attached hydrogen (secondary N) is 2. The Hall–Kier alpha value is -2.04. The zero-order chi connectivity index (χ0) is 10.9. The number of nitrogens with zero attached hydrogens (tertiary/aromatic N) is 1. The monoisotopic (exact) mass is 207 g/mol. The molecule has 0 unspecified atom stereocenters. The maximum atomic E-state index is 11.4. The van der Waals surface area contributed by atoms with E-state index in [-0.39, 0.29) is 5.91 Å². The third-order valence-electron chi connectivity index (χ3n) is 1.63. The van der Waals surface area contributed by atoms with Gasteiger partial charge in [0.05, 0.1) is 18.3 Å². The molecule has 0 bridgehead atoms. The van der Waals surface area contributed by atoms with Crippen molar-refractivity contribution < 1.29 is 9.53 Å². The molecule has 0 saturated carbocycles. The van der Waals surface area contributed by atoms with Crippen LogP contribution < -0.4 is 5.32 Å². The van der Waals surface area contributed by atoms with Gasteiger partial charge in [-0.3, -0.25) is 9.79 Å². The molecule has 0 aliphatic rings. The lowest BCUT2D eigenvalue weighted by atomic mass is 10.3. The molecule has 0 spiro atoms. The molecule has 0 fully saturated rings. The van der Waals surface area contributed by atoms with Gasteiger partial charge in [0, 0.05) is 12.4 Å². The van der Waals surface area contributed by atoms with E-state index < -0.39 is 0 Å². The van der Waals surface area contributed by atoms with Gasteiger partial charge in [0.1, 0.15) is 12.9 Å². The molecule has 0 radical (unpaired) electrons. The first kappa shape index (κ1) is 11.0. The summed E-state index contributed by atoms with van der Waals surface area (Å²) in [6, 6.07) is 1.71. The summed E-state index contributed by atoms with van der Waals surface area (Å²) in [5.74, 6) is -0.120. The number of amides is 1. The van der Waals surface area contributed by atoms with Crippen LogP contribution >= 0.6 is 0 Å². The second kappa shape index (κ2) is 6.42. The Morgan fingerprint density at radius 3 is 3.27 bits per heavy atom. The van der Waals surface area contributed by atoms with Gasteiger partial charge in [-0.05, 0) is 12.8 Å². The highest BCUT2D eigenvalue weighted by Crippen LogP contribution is 1.94. The third kappa shape index (κ3) is 4.12. The van der Waals surface area contributed by atoms with Crippen LogP contribution in [0.4, 0.5) is 0 Å². The van der Waals surface area contributed by atoms with Crippen LogP contribution in [0.25, 0.3) is 0 Å². The molecule has 5 heteroatoms. The van der Waals surface area contributed by atoms with Crippen LogP contribution in [0.2, 0.25) is 0 Å². The van der Waals surface area contributed by atoms with Gasteiger partial charge in [0.15, 0.2) is 0 Å². The summed E-state index contributed by atoms with van der Waals surface area (Å²) in [5, 5.41) is 2.70. The number of carbonyl (C=O) groups excluding carboxylic acids is 1. The van der Waals surface area contributed by atoms with Crippen molar-refractivity contribution in [3.05, 3.63) is 36.5 Å². The quantitative estimate of drug-likeness (QED) is 0.414. The van der Waals surface area contributed by atoms with E-state index in [0.717, 1.165) is 0 Å². The van der Waals surface area contributed by atoms with Crippen LogP contribution in [-0.4, -0.2) is 30.8 Å². The summed E-state index contributed by atoms with van der Waals surface area (Å²) in [6.45, 7) is 4.11. The number of aliphatic imine (C=N–C) groups is 1. The standard InChI is InChI=1S/C10H13N3O2/c1-11-4-6-15-7-5-13-10(14)9-2-3-12-8-9/h2-4,6,8,12H,1,5,7H2,(H,13,14)/b6-4-. The highest BCUT2D eigenvalue weighted by molar-refractivity contribution is 5.93. The maximum Gasteiger partial charge on any atom is 0.252 e.